The first-order valence-electron chi connectivity index (χ1n) is 3.27. The molecular formula is C7H11N2. The van der Waals surface area contributed by atoms with Crippen molar-refractivity contribution in [2.45, 2.75) is 25.3 Å². The van der Waals surface area contributed by atoms with Gasteiger partial charge in [0.05, 0.1) is 12.5 Å². The van der Waals surface area contributed by atoms with Gasteiger partial charge >= 0.3 is 0 Å². The maximum atomic E-state index is 8.35. The molecule has 0 aliphatic carbocycles. The number of nitriles is 1. The van der Waals surface area contributed by atoms with E-state index in [1.165, 1.54) is 0 Å². The fourth-order valence-electron chi connectivity index (χ4n) is 1.17. The molecule has 0 spiro atoms. The van der Waals surface area contributed by atoms with Crippen molar-refractivity contribution in [1.82, 2.24) is 4.90 Å². The van der Waals surface area contributed by atoms with Crippen LogP contribution in [0.5, 0.6) is 0 Å². The third kappa shape index (κ3) is 1.43. The highest BCUT2D eigenvalue weighted by molar-refractivity contribution is 4.90. The molecule has 1 fully saturated rings. The molecule has 1 aliphatic rings. The normalized spacial score (nSPS) is 28.2. The van der Waals surface area contributed by atoms with Crippen LogP contribution in [0.25, 0.3) is 0 Å². The third-order valence-electron chi connectivity index (χ3n) is 1.82. The molecule has 1 aliphatic heterocycles. The van der Waals surface area contributed by atoms with Gasteiger partial charge in [-0.1, -0.05) is 0 Å². The van der Waals surface area contributed by atoms with Crippen LogP contribution in [-0.2, 0) is 0 Å². The molecule has 0 saturated carbocycles. The monoisotopic (exact) mass is 123 g/mol. The minimum Gasteiger partial charge on any atom is -0.298 e. The Kier molecular flexibility index (Phi) is 2.07. The van der Waals surface area contributed by atoms with Gasteiger partial charge in [0.25, 0.3) is 0 Å². The van der Waals surface area contributed by atoms with Gasteiger partial charge in [-0.3, -0.25) is 4.90 Å². The smallest absolute Gasteiger partial charge is 0.0638 e. The molecule has 1 saturated heterocycles. The van der Waals surface area contributed by atoms with Crippen LogP contribution in [0, 0.1) is 17.9 Å². The predicted octanol–water partition coefficient (Wildman–Crippen LogP) is 1.16. The SMILES string of the molecule is CN1[CH]CCC1CC#N. The van der Waals surface area contributed by atoms with E-state index < -0.39 is 0 Å². The minimum atomic E-state index is 0.495. The van der Waals surface area contributed by atoms with Crippen molar-refractivity contribution in [2.75, 3.05) is 7.05 Å². The molecule has 2 heteroatoms. The lowest BCUT2D eigenvalue weighted by molar-refractivity contribution is 0.351. The van der Waals surface area contributed by atoms with Crippen LogP contribution in [0.1, 0.15) is 19.3 Å². The fraction of sp³-hybridized carbons (Fsp3) is 0.714. The first kappa shape index (κ1) is 6.57. The Hall–Kier alpha value is -0.550. The maximum absolute atomic E-state index is 8.35. The molecule has 1 atom stereocenters. The van der Waals surface area contributed by atoms with E-state index in [0.29, 0.717) is 12.5 Å². The first-order chi connectivity index (χ1) is 4.34. The molecule has 1 rings (SSSR count). The largest absolute Gasteiger partial charge is 0.298 e. The van der Waals surface area contributed by atoms with Gasteiger partial charge in [-0.2, -0.15) is 5.26 Å². The number of hydrogen-bond acceptors (Lipinski definition) is 2. The van der Waals surface area contributed by atoms with Gasteiger partial charge in [-0.25, -0.2) is 0 Å². The Morgan fingerprint density at radius 1 is 1.89 bits per heavy atom. The second-order valence-corrected chi connectivity index (χ2v) is 2.44. The highest BCUT2D eigenvalue weighted by Crippen LogP contribution is 2.20. The van der Waals surface area contributed by atoms with Crippen molar-refractivity contribution in [1.29, 1.82) is 5.26 Å². The first-order valence-corrected chi connectivity index (χ1v) is 3.27. The van der Waals surface area contributed by atoms with Gasteiger partial charge in [0.15, 0.2) is 0 Å². The van der Waals surface area contributed by atoms with Crippen molar-refractivity contribution in [3.8, 4) is 6.07 Å². The molecule has 1 radical (unpaired) electrons. The molecule has 0 aromatic rings. The van der Waals surface area contributed by atoms with E-state index in [1.54, 1.807) is 0 Å². The molecule has 49 valence electrons. The summed E-state index contributed by atoms with van der Waals surface area (Å²) < 4.78 is 0. The van der Waals surface area contributed by atoms with E-state index in [9.17, 15) is 0 Å². The number of nitrogens with zero attached hydrogens (tertiary/aromatic N) is 2. The van der Waals surface area contributed by atoms with Crippen LogP contribution >= 0.6 is 0 Å². The van der Waals surface area contributed by atoms with Gasteiger partial charge in [-0.15, -0.1) is 0 Å². The summed E-state index contributed by atoms with van der Waals surface area (Å²) in [7, 11) is 2.04. The molecule has 0 amide bonds. The standard InChI is InChI=1S/C7H11N2/c1-9-6-2-3-7(9)4-5-8/h6-7H,2-4H2,1H3. The van der Waals surface area contributed by atoms with Crippen LogP contribution in [-0.4, -0.2) is 18.0 Å². The van der Waals surface area contributed by atoms with Crippen LogP contribution < -0.4 is 0 Å². The van der Waals surface area contributed by atoms with Gasteiger partial charge < -0.3 is 0 Å². The zero-order valence-electron chi connectivity index (χ0n) is 5.67. The van der Waals surface area contributed by atoms with Crippen molar-refractivity contribution < 1.29 is 0 Å². The molecular weight excluding hydrogens is 112 g/mol. The number of likely N-dealkylation sites (tertiary alicyclic amines) is 1. The Morgan fingerprint density at radius 2 is 2.67 bits per heavy atom. The molecule has 0 aromatic heterocycles. The Labute approximate surface area is 56.1 Å². The van der Waals surface area contributed by atoms with Crippen molar-refractivity contribution >= 4 is 0 Å². The van der Waals surface area contributed by atoms with Crippen LogP contribution in [0.2, 0.25) is 0 Å². The van der Waals surface area contributed by atoms with Gasteiger partial charge in [0.1, 0.15) is 0 Å². The van der Waals surface area contributed by atoms with E-state index in [-0.39, 0.29) is 0 Å². The summed E-state index contributed by atoms with van der Waals surface area (Å²) in [5.74, 6) is 0. The van der Waals surface area contributed by atoms with E-state index in [1.807, 2.05) is 7.05 Å². The van der Waals surface area contributed by atoms with Gasteiger partial charge in [0, 0.05) is 12.6 Å². The summed E-state index contributed by atoms with van der Waals surface area (Å²) in [5.41, 5.74) is 0. The maximum Gasteiger partial charge on any atom is 0.0638 e. The lowest BCUT2D eigenvalue weighted by Gasteiger charge is -2.14. The average Bonchev–Trinajstić information content (AvgIpc) is 2.18. The Morgan fingerprint density at radius 3 is 3.11 bits per heavy atom. The van der Waals surface area contributed by atoms with E-state index >= 15 is 0 Å². The van der Waals surface area contributed by atoms with Crippen LogP contribution in [0.3, 0.4) is 0 Å². The molecule has 0 aromatic carbocycles. The second-order valence-electron chi connectivity index (χ2n) is 2.44. The highest BCUT2D eigenvalue weighted by atomic mass is 15.1. The number of rotatable bonds is 1. The van der Waals surface area contributed by atoms with Gasteiger partial charge in [-0.05, 0) is 19.9 Å². The summed E-state index contributed by atoms with van der Waals surface area (Å²) >= 11 is 0. The summed E-state index contributed by atoms with van der Waals surface area (Å²) in [6.07, 6.45) is 2.97. The second kappa shape index (κ2) is 2.84. The van der Waals surface area contributed by atoms with Crippen LogP contribution in [0.4, 0.5) is 0 Å². The zero-order chi connectivity index (χ0) is 6.69. The lowest BCUT2D eigenvalue weighted by atomic mass is 10.2. The van der Waals surface area contributed by atoms with Crippen molar-refractivity contribution in [2.24, 2.45) is 0 Å². The quantitative estimate of drug-likeness (QED) is 0.523. The Balaban J connectivity index is 2.33. The molecule has 1 heterocycles. The zero-order valence-corrected chi connectivity index (χ0v) is 5.67. The van der Waals surface area contributed by atoms with Crippen molar-refractivity contribution in [3.05, 3.63) is 6.54 Å². The average molecular weight is 123 g/mol. The lowest BCUT2D eigenvalue weighted by Crippen LogP contribution is -2.21. The molecule has 0 N–H and O–H groups in total. The topological polar surface area (TPSA) is 27.0 Å². The van der Waals surface area contributed by atoms with E-state index in [2.05, 4.69) is 17.5 Å². The summed E-state index contributed by atoms with van der Waals surface area (Å²) in [4.78, 5) is 2.14. The predicted molar refractivity (Wildman–Crippen MR) is 35.3 cm³/mol. The Bertz CT molecular complexity index is 125. The third-order valence-corrected chi connectivity index (χ3v) is 1.82. The highest BCUT2D eigenvalue weighted by Gasteiger charge is 2.19. The van der Waals surface area contributed by atoms with E-state index in [0.717, 1.165) is 12.8 Å². The molecule has 2 nitrogen and oxygen atoms in total. The van der Waals surface area contributed by atoms with E-state index in [4.69, 9.17) is 5.26 Å². The molecule has 9 heavy (non-hydrogen) atoms. The molecule has 1 unspecified atom stereocenters. The number of hydrogen-bond donors (Lipinski definition) is 0. The summed E-state index contributed by atoms with van der Waals surface area (Å²) in [5, 5.41) is 8.35. The summed E-state index contributed by atoms with van der Waals surface area (Å²) in [6, 6.07) is 2.67. The van der Waals surface area contributed by atoms with Crippen LogP contribution in [0.15, 0.2) is 0 Å². The van der Waals surface area contributed by atoms with Gasteiger partial charge in [0.2, 0.25) is 0 Å². The summed E-state index contributed by atoms with van der Waals surface area (Å²) in [6.45, 7) is 2.15. The minimum absolute atomic E-state index is 0.495. The van der Waals surface area contributed by atoms with Crippen molar-refractivity contribution in [3.63, 3.8) is 0 Å². The fourth-order valence-corrected chi connectivity index (χ4v) is 1.17. The molecule has 0 bridgehead atoms.